The van der Waals surface area contributed by atoms with Gasteiger partial charge in [0.25, 0.3) is 20.2 Å². The van der Waals surface area contributed by atoms with Gasteiger partial charge in [0.2, 0.25) is 10.9 Å². The third-order valence-corrected chi connectivity index (χ3v) is 6.76. The smallest absolute Gasteiger partial charge is 0.287 e. The Morgan fingerprint density at radius 3 is 1.89 bits per heavy atom. The molecule has 0 aromatic heterocycles. The molecule has 0 unspecified atom stereocenters. The van der Waals surface area contributed by atoms with Crippen molar-refractivity contribution in [2.24, 2.45) is 10.2 Å². The summed E-state index contributed by atoms with van der Waals surface area (Å²) in [5.41, 5.74) is 4.22. The van der Waals surface area contributed by atoms with Crippen molar-refractivity contribution in [2.75, 3.05) is 10.9 Å². The minimum Gasteiger partial charge on any atom is -0.287 e. The summed E-state index contributed by atoms with van der Waals surface area (Å²) in [7, 11) is -8.85. The number of benzene rings is 4. The molecule has 4 rings (SSSR count). The van der Waals surface area contributed by atoms with E-state index in [4.69, 9.17) is 4.55 Å². The van der Waals surface area contributed by atoms with Crippen molar-refractivity contribution in [3.63, 3.8) is 0 Å². The largest absolute Gasteiger partial charge is 0.295 e. The van der Waals surface area contributed by atoms with Gasteiger partial charge in [0.1, 0.15) is 10.3 Å². The summed E-state index contributed by atoms with van der Waals surface area (Å²) in [5, 5.41) is 7.81. The van der Waals surface area contributed by atoms with Crippen molar-refractivity contribution >= 4 is 101 Å². The summed E-state index contributed by atoms with van der Waals surface area (Å²) in [6.45, 7) is 0. The van der Waals surface area contributed by atoms with Crippen LogP contribution in [0.2, 0.25) is 0 Å². The summed E-state index contributed by atoms with van der Waals surface area (Å²) < 4.78 is 64.1. The van der Waals surface area contributed by atoms with Crippen LogP contribution >= 0.6 is 0 Å². The van der Waals surface area contributed by atoms with Gasteiger partial charge in [-0.1, -0.05) is 24.3 Å². The van der Waals surface area contributed by atoms with Crippen molar-refractivity contribution in [3.8, 4) is 0 Å². The fraction of sp³-hybridized carbons (Fsp3) is 0. The molecule has 4 N–H and O–H groups in total. The van der Waals surface area contributed by atoms with Gasteiger partial charge in [0.15, 0.2) is 5.36 Å². The number of rotatable bonds is 6. The van der Waals surface area contributed by atoms with Crippen LogP contribution in [-0.2, 0) is 20.2 Å². The topological polar surface area (TPSA) is 192 Å². The summed E-state index contributed by atoms with van der Waals surface area (Å²) >= 11 is 0. The van der Waals surface area contributed by atoms with Gasteiger partial charge >= 0.3 is 0 Å². The van der Waals surface area contributed by atoms with Gasteiger partial charge in [-0.2, -0.15) is 27.0 Å². The van der Waals surface area contributed by atoms with E-state index < -0.39 is 36.5 Å². The number of hydrogen-bond donors (Lipinski definition) is 4. The fourth-order valence-electron chi connectivity index (χ4n) is 3.27. The predicted molar refractivity (Wildman–Crippen MR) is 141 cm³/mol. The quantitative estimate of drug-likeness (QED) is 0.139. The summed E-state index contributed by atoms with van der Waals surface area (Å²) in [6, 6.07) is 15.9. The number of fused-ring (bicyclic) bond motifs is 1. The van der Waals surface area contributed by atoms with Gasteiger partial charge < -0.3 is 0 Å². The van der Waals surface area contributed by atoms with E-state index in [1.54, 1.807) is 18.2 Å². The van der Waals surface area contributed by atoms with E-state index >= 15 is 0 Å². The Balaban J connectivity index is 0.00000253. The second-order valence-electron chi connectivity index (χ2n) is 7.34. The molecule has 4 aromatic carbocycles. The number of hydrogen-bond acceptors (Lipinski definition) is 10. The van der Waals surface area contributed by atoms with Crippen molar-refractivity contribution in [3.05, 3.63) is 104 Å². The van der Waals surface area contributed by atoms with Crippen LogP contribution in [0, 0.1) is 0 Å². The third kappa shape index (κ3) is 7.24. The van der Waals surface area contributed by atoms with Crippen LogP contribution in [-0.4, -0.2) is 85.1 Å². The van der Waals surface area contributed by atoms with E-state index in [-0.39, 0.29) is 85.3 Å². The molecule has 0 heterocycles. The Morgan fingerprint density at radius 1 is 0.658 bits per heavy atom. The van der Waals surface area contributed by atoms with Gasteiger partial charge in [0.05, 0.1) is 16.3 Å². The fourth-order valence-corrected chi connectivity index (χ4v) is 4.45. The maximum absolute atomic E-state index is 12.8. The normalized spacial score (nSPS) is 12.5. The van der Waals surface area contributed by atoms with Crippen LogP contribution in [0.4, 0.5) is 11.4 Å². The Kier molecular flexibility index (Phi) is 10.7. The molecule has 0 aliphatic carbocycles. The standard InChI is InChI=1S/C22H16N4O8S2.2Na/c27-19-11-9-18(22(28)21(19)26-23-13-5-7-14(8-6-13)35(29,30)31)25-24-17-10-12-20(36(32,33)34)16-4-2-1-3-15(16)17;;/h1-12,23-24H,(H,29,30,31)(H,32,33,34);;/b25-18-,26-21+;;. The zero-order valence-corrected chi connectivity index (χ0v) is 25.6. The van der Waals surface area contributed by atoms with Crippen molar-refractivity contribution in [1.29, 1.82) is 0 Å². The van der Waals surface area contributed by atoms with Gasteiger partial charge in [-0.25, -0.2) is 0 Å². The first kappa shape index (κ1) is 32.0. The molecule has 38 heavy (non-hydrogen) atoms. The first-order valence-corrected chi connectivity index (χ1v) is 12.8. The molecular formula is C22H16N4Na2O8S2. The van der Waals surface area contributed by atoms with Crippen LogP contribution in [0.15, 0.2) is 102 Å². The molecular weight excluding hydrogens is 558 g/mol. The van der Waals surface area contributed by atoms with Crippen molar-refractivity contribution in [2.45, 2.75) is 9.79 Å². The molecule has 0 amide bonds. The van der Waals surface area contributed by atoms with E-state index in [0.29, 0.717) is 11.1 Å². The second-order valence-corrected chi connectivity index (χ2v) is 10.2. The second kappa shape index (κ2) is 12.7. The molecule has 0 fully saturated rings. The molecule has 0 bridgehead atoms. The van der Waals surface area contributed by atoms with Gasteiger partial charge in [-0.05, 0) is 48.5 Å². The van der Waals surface area contributed by atoms with Crippen LogP contribution in [0.5, 0.6) is 0 Å². The first-order valence-electron chi connectivity index (χ1n) is 9.96. The summed E-state index contributed by atoms with van der Waals surface area (Å²) in [5.74, 6) is 0. The zero-order chi connectivity index (χ0) is 26.1. The van der Waals surface area contributed by atoms with E-state index in [1.807, 2.05) is 0 Å². The molecule has 16 heteroatoms. The molecule has 0 atom stereocenters. The van der Waals surface area contributed by atoms with Crippen LogP contribution in [0.25, 0.3) is 10.8 Å². The summed E-state index contributed by atoms with van der Waals surface area (Å²) in [6.07, 6.45) is 0. The number of nitrogens with one attached hydrogen (secondary N) is 2. The molecule has 0 spiro atoms. The van der Waals surface area contributed by atoms with Crippen LogP contribution in [0.1, 0.15) is 0 Å². The molecule has 0 aliphatic rings. The molecule has 2 radical (unpaired) electrons. The first-order chi connectivity index (χ1) is 16.9. The average Bonchev–Trinajstić information content (AvgIpc) is 2.82. The van der Waals surface area contributed by atoms with Gasteiger partial charge in [0, 0.05) is 69.9 Å². The molecule has 0 saturated heterocycles. The molecule has 0 saturated carbocycles. The minimum absolute atomic E-state index is 0. The van der Waals surface area contributed by atoms with E-state index in [0.717, 1.165) is 18.2 Å². The maximum atomic E-state index is 12.8. The molecule has 186 valence electrons. The Hall–Kier alpha value is -2.24. The number of anilines is 2. The van der Waals surface area contributed by atoms with Crippen LogP contribution in [0.3, 0.4) is 0 Å². The Bertz CT molecular complexity index is 1940. The molecule has 0 aliphatic heterocycles. The molecule has 4 aromatic rings. The van der Waals surface area contributed by atoms with Gasteiger partial charge in [-0.15, -0.1) is 0 Å². The van der Waals surface area contributed by atoms with Crippen LogP contribution < -0.4 is 32.4 Å². The van der Waals surface area contributed by atoms with E-state index in [1.165, 1.54) is 36.4 Å². The van der Waals surface area contributed by atoms with Crippen molar-refractivity contribution < 1.29 is 25.9 Å². The molecule has 12 nitrogen and oxygen atoms in total. The predicted octanol–water partition coefficient (Wildman–Crippen LogP) is 0.0232. The zero-order valence-electron chi connectivity index (χ0n) is 20.0. The monoisotopic (exact) mass is 574 g/mol. The SMILES string of the molecule is O=c1cc/c(=N/Nc2ccc(S(=O)(=O)O)c3ccccc23)c(=O)/c1=N/Nc1ccc(S(=O)(=O)O)cc1.[Na].[Na]. The summed E-state index contributed by atoms with van der Waals surface area (Å²) in [4.78, 5) is 24.3. The Morgan fingerprint density at radius 2 is 1.29 bits per heavy atom. The van der Waals surface area contributed by atoms with Gasteiger partial charge in [-0.3, -0.25) is 29.5 Å². The number of nitrogens with zero attached hydrogens (tertiary/aromatic N) is 2. The minimum atomic E-state index is -4.47. The third-order valence-electron chi connectivity index (χ3n) is 4.98. The average molecular weight is 575 g/mol. The van der Waals surface area contributed by atoms with E-state index in [2.05, 4.69) is 21.1 Å². The van der Waals surface area contributed by atoms with Crippen molar-refractivity contribution in [1.82, 2.24) is 0 Å². The Labute approximate surface area is 259 Å². The maximum Gasteiger partial charge on any atom is 0.295 e. The van der Waals surface area contributed by atoms with E-state index in [9.17, 15) is 31.0 Å².